The second kappa shape index (κ2) is 5.31. The molecule has 2 aromatic carbocycles. The second-order valence-corrected chi connectivity index (χ2v) is 5.54. The monoisotopic (exact) mass is 330 g/mol. The Hall–Kier alpha value is -1.78. The van der Waals surface area contributed by atoms with Crippen molar-refractivity contribution in [3.63, 3.8) is 0 Å². The molecule has 20 heavy (non-hydrogen) atoms. The summed E-state index contributed by atoms with van der Waals surface area (Å²) in [6.45, 7) is 0. The van der Waals surface area contributed by atoms with Crippen LogP contribution in [0, 0.1) is 5.82 Å². The Morgan fingerprint density at radius 2 is 2.00 bits per heavy atom. The fraction of sp³-hybridized carbons (Fsp3) is 0.0625. The number of nitrogens with zero attached hydrogens (tertiary/aromatic N) is 1. The van der Waals surface area contributed by atoms with E-state index >= 15 is 0 Å². The van der Waals surface area contributed by atoms with Gasteiger partial charge in [-0.2, -0.15) is 0 Å². The van der Waals surface area contributed by atoms with Gasteiger partial charge in [-0.15, -0.1) is 0 Å². The molecule has 0 aliphatic rings. The van der Waals surface area contributed by atoms with Crippen LogP contribution >= 0.6 is 15.9 Å². The molecule has 0 saturated heterocycles. The molecule has 2 N–H and O–H groups in total. The van der Waals surface area contributed by atoms with Crippen LogP contribution in [0.5, 0.6) is 0 Å². The maximum absolute atomic E-state index is 13.5. The molecule has 1 heterocycles. The number of pyridine rings is 1. The van der Waals surface area contributed by atoms with Crippen molar-refractivity contribution < 1.29 is 4.39 Å². The first-order chi connectivity index (χ1) is 9.65. The van der Waals surface area contributed by atoms with Crippen molar-refractivity contribution >= 4 is 26.7 Å². The van der Waals surface area contributed by atoms with E-state index in [-0.39, 0.29) is 5.82 Å². The zero-order valence-electron chi connectivity index (χ0n) is 10.6. The van der Waals surface area contributed by atoms with E-state index in [9.17, 15) is 4.39 Å². The van der Waals surface area contributed by atoms with Crippen LogP contribution in [0.25, 0.3) is 10.8 Å². The van der Waals surface area contributed by atoms with Gasteiger partial charge in [-0.3, -0.25) is 4.98 Å². The molecule has 1 unspecified atom stereocenters. The summed E-state index contributed by atoms with van der Waals surface area (Å²) in [6, 6.07) is 12.2. The lowest BCUT2D eigenvalue weighted by Crippen LogP contribution is -2.12. The maximum Gasteiger partial charge on any atom is 0.124 e. The van der Waals surface area contributed by atoms with E-state index in [1.807, 2.05) is 30.3 Å². The Bertz CT molecular complexity index is 748. The van der Waals surface area contributed by atoms with E-state index in [2.05, 4.69) is 20.9 Å². The largest absolute Gasteiger partial charge is 0.320 e. The Kier molecular flexibility index (Phi) is 3.51. The SMILES string of the molecule is NC(c1cc(F)cc(Br)c1)c1cccc2ccncc12. The molecular weight excluding hydrogens is 319 g/mol. The van der Waals surface area contributed by atoms with Gasteiger partial charge in [0.05, 0.1) is 6.04 Å². The molecule has 0 bridgehead atoms. The molecule has 0 aliphatic carbocycles. The maximum atomic E-state index is 13.5. The topological polar surface area (TPSA) is 38.9 Å². The normalized spacial score (nSPS) is 12.6. The zero-order valence-corrected chi connectivity index (χ0v) is 12.1. The minimum Gasteiger partial charge on any atom is -0.320 e. The number of benzene rings is 2. The minimum absolute atomic E-state index is 0.303. The molecule has 0 saturated carbocycles. The van der Waals surface area contributed by atoms with Crippen molar-refractivity contribution in [3.05, 3.63) is 76.3 Å². The third-order valence-corrected chi connectivity index (χ3v) is 3.75. The number of fused-ring (bicyclic) bond motifs is 1. The van der Waals surface area contributed by atoms with Gasteiger partial charge in [-0.05, 0) is 40.8 Å². The smallest absolute Gasteiger partial charge is 0.124 e. The van der Waals surface area contributed by atoms with Crippen LogP contribution in [0.3, 0.4) is 0 Å². The van der Waals surface area contributed by atoms with E-state index < -0.39 is 6.04 Å². The lowest BCUT2D eigenvalue weighted by molar-refractivity contribution is 0.622. The van der Waals surface area contributed by atoms with Crippen molar-refractivity contribution in [2.75, 3.05) is 0 Å². The first-order valence-electron chi connectivity index (χ1n) is 6.19. The van der Waals surface area contributed by atoms with Gasteiger partial charge < -0.3 is 5.73 Å². The summed E-state index contributed by atoms with van der Waals surface area (Å²) < 4.78 is 14.2. The quantitative estimate of drug-likeness (QED) is 0.765. The highest BCUT2D eigenvalue weighted by Crippen LogP contribution is 2.28. The Morgan fingerprint density at radius 1 is 1.15 bits per heavy atom. The highest BCUT2D eigenvalue weighted by molar-refractivity contribution is 9.10. The number of rotatable bonds is 2. The van der Waals surface area contributed by atoms with E-state index in [1.165, 1.54) is 12.1 Å². The number of aromatic nitrogens is 1. The van der Waals surface area contributed by atoms with Crippen molar-refractivity contribution in [3.8, 4) is 0 Å². The molecule has 100 valence electrons. The Balaban J connectivity index is 2.15. The number of hydrogen-bond acceptors (Lipinski definition) is 2. The van der Waals surface area contributed by atoms with Gasteiger partial charge in [0.15, 0.2) is 0 Å². The van der Waals surface area contributed by atoms with Gasteiger partial charge in [0, 0.05) is 22.3 Å². The van der Waals surface area contributed by atoms with Gasteiger partial charge in [0.25, 0.3) is 0 Å². The van der Waals surface area contributed by atoms with Gasteiger partial charge in [-0.1, -0.05) is 34.1 Å². The third-order valence-electron chi connectivity index (χ3n) is 3.30. The summed E-state index contributed by atoms with van der Waals surface area (Å²) >= 11 is 3.30. The molecule has 1 aromatic heterocycles. The summed E-state index contributed by atoms with van der Waals surface area (Å²) in [4.78, 5) is 4.15. The van der Waals surface area contributed by atoms with Crippen molar-refractivity contribution in [2.45, 2.75) is 6.04 Å². The van der Waals surface area contributed by atoms with Gasteiger partial charge in [0.2, 0.25) is 0 Å². The first-order valence-corrected chi connectivity index (χ1v) is 6.98. The molecule has 0 amide bonds. The average Bonchev–Trinajstić information content (AvgIpc) is 2.45. The summed E-state index contributed by atoms with van der Waals surface area (Å²) in [5.41, 5.74) is 7.97. The predicted molar refractivity (Wildman–Crippen MR) is 81.9 cm³/mol. The molecule has 3 aromatic rings. The molecular formula is C16H12BrFN2. The van der Waals surface area contributed by atoms with Crippen molar-refractivity contribution in [1.29, 1.82) is 0 Å². The number of hydrogen-bond donors (Lipinski definition) is 1. The highest BCUT2D eigenvalue weighted by atomic mass is 79.9. The zero-order chi connectivity index (χ0) is 14.1. The van der Waals surface area contributed by atoms with E-state index in [0.29, 0.717) is 4.47 Å². The molecule has 2 nitrogen and oxygen atoms in total. The van der Waals surface area contributed by atoms with Crippen LogP contribution in [-0.4, -0.2) is 4.98 Å². The lowest BCUT2D eigenvalue weighted by atomic mass is 9.95. The molecule has 0 spiro atoms. The molecule has 3 rings (SSSR count). The summed E-state index contributed by atoms with van der Waals surface area (Å²) in [6.07, 6.45) is 3.54. The van der Waals surface area contributed by atoms with Gasteiger partial charge in [-0.25, -0.2) is 4.39 Å². The van der Waals surface area contributed by atoms with Gasteiger partial charge >= 0.3 is 0 Å². The van der Waals surface area contributed by atoms with Crippen LogP contribution in [0.2, 0.25) is 0 Å². The Morgan fingerprint density at radius 3 is 2.80 bits per heavy atom. The Labute approximate surface area is 124 Å². The fourth-order valence-corrected chi connectivity index (χ4v) is 2.83. The highest BCUT2D eigenvalue weighted by Gasteiger charge is 2.13. The number of halogens is 2. The number of nitrogens with two attached hydrogens (primary N) is 1. The third kappa shape index (κ3) is 2.44. The molecule has 1 atom stereocenters. The standard InChI is InChI=1S/C16H12BrFN2/c17-12-6-11(7-13(18)8-12)16(19)14-3-1-2-10-4-5-20-9-15(10)14/h1-9,16H,19H2. The van der Waals surface area contributed by atoms with E-state index in [1.54, 1.807) is 12.4 Å². The van der Waals surface area contributed by atoms with Crippen LogP contribution in [0.1, 0.15) is 17.2 Å². The second-order valence-electron chi connectivity index (χ2n) is 4.62. The summed E-state index contributed by atoms with van der Waals surface area (Å²) in [5.74, 6) is -0.303. The van der Waals surface area contributed by atoms with Gasteiger partial charge in [0.1, 0.15) is 5.82 Å². The van der Waals surface area contributed by atoms with Crippen molar-refractivity contribution in [2.24, 2.45) is 5.73 Å². The van der Waals surface area contributed by atoms with Crippen molar-refractivity contribution in [1.82, 2.24) is 4.98 Å². The first kappa shape index (κ1) is 13.2. The van der Waals surface area contributed by atoms with E-state index in [0.717, 1.165) is 21.9 Å². The summed E-state index contributed by atoms with van der Waals surface area (Å²) in [5, 5.41) is 2.06. The minimum atomic E-state index is -0.394. The van der Waals surface area contributed by atoms with Crippen LogP contribution in [-0.2, 0) is 0 Å². The molecule has 0 aliphatic heterocycles. The molecule has 4 heteroatoms. The molecule has 0 radical (unpaired) electrons. The fourth-order valence-electron chi connectivity index (χ4n) is 2.34. The summed E-state index contributed by atoms with van der Waals surface area (Å²) in [7, 11) is 0. The predicted octanol–water partition coefficient (Wildman–Crippen LogP) is 4.18. The average molecular weight is 331 g/mol. The van der Waals surface area contributed by atoms with E-state index in [4.69, 9.17) is 5.73 Å². The molecule has 0 fully saturated rings. The van der Waals surface area contributed by atoms with Crippen LogP contribution in [0.15, 0.2) is 59.3 Å². The van der Waals surface area contributed by atoms with Crippen LogP contribution in [0.4, 0.5) is 4.39 Å². The van der Waals surface area contributed by atoms with Crippen LogP contribution < -0.4 is 5.73 Å². The lowest BCUT2D eigenvalue weighted by Gasteiger charge is -2.15.